The Bertz CT molecular complexity index is 866. The Labute approximate surface area is 169 Å². The van der Waals surface area contributed by atoms with Gasteiger partial charge in [0.05, 0.1) is 37.9 Å². The molecule has 0 spiro atoms. The van der Waals surface area contributed by atoms with E-state index in [0.29, 0.717) is 0 Å². The Morgan fingerprint density at radius 1 is 0.690 bits per heavy atom. The molecule has 0 heterocycles. The van der Waals surface area contributed by atoms with Crippen molar-refractivity contribution < 1.29 is 36.4 Å². The zero-order chi connectivity index (χ0) is 21.0. The van der Waals surface area contributed by atoms with E-state index in [1.165, 1.54) is 24.3 Å². The lowest BCUT2D eigenvalue weighted by Crippen LogP contribution is -2.20. The van der Waals surface area contributed by atoms with Crippen molar-refractivity contribution in [2.24, 2.45) is 0 Å². The largest absolute Gasteiger partial charge is 0.457 e. The van der Waals surface area contributed by atoms with Crippen molar-refractivity contribution in [1.29, 1.82) is 0 Å². The van der Waals surface area contributed by atoms with Crippen LogP contribution in [-0.2, 0) is 33.3 Å². The Morgan fingerprint density at radius 3 is 1.83 bits per heavy atom. The highest BCUT2D eigenvalue weighted by Gasteiger charge is 2.17. The Hall–Kier alpha value is -2.59. The maximum Gasteiger partial charge on any atom is 0.379 e. The third-order valence-electron chi connectivity index (χ3n) is 3.55. The molecule has 0 saturated carbocycles. The normalized spacial score (nSPS) is 11.2. The van der Waals surface area contributed by atoms with E-state index in [1.54, 1.807) is 36.4 Å². The second-order valence-corrected chi connectivity index (χ2v) is 7.26. The monoisotopic (exact) mass is 422 g/mol. The molecule has 156 valence electrons. The van der Waals surface area contributed by atoms with Gasteiger partial charge in [-0.05, 0) is 12.1 Å². The molecule has 0 amide bonds. The van der Waals surface area contributed by atoms with Crippen LogP contribution in [0.5, 0.6) is 0 Å². The molecule has 0 bridgehead atoms. The van der Waals surface area contributed by atoms with E-state index in [2.05, 4.69) is 0 Å². The molecule has 0 aliphatic carbocycles. The predicted molar refractivity (Wildman–Crippen MR) is 103 cm³/mol. The number of ether oxygens (including phenoxy) is 3. The fourth-order valence-electron chi connectivity index (χ4n) is 2.15. The van der Waals surface area contributed by atoms with Crippen LogP contribution in [0.15, 0.2) is 65.6 Å². The first-order chi connectivity index (χ1) is 14.0. The Balaban J connectivity index is 1.48. The maximum atomic E-state index is 11.9. The van der Waals surface area contributed by atoms with Gasteiger partial charge in [-0.25, -0.2) is 4.79 Å². The number of carbonyl (C=O) groups is 2. The van der Waals surface area contributed by atoms with E-state index in [0.717, 1.165) is 0 Å². The fraction of sp³-hybridized carbons (Fsp3) is 0.300. The first-order valence-corrected chi connectivity index (χ1v) is 10.3. The summed E-state index contributed by atoms with van der Waals surface area (Å²) in [5.41, 5.74) is 0.267. The summed E-state index contributed by atoms with van der Waals surface area (Å²) in [6.45, 7) is 0.444. The lowest BCUT2D eigenvalue weighted by molar-refractivity contribution is -0.139. The summed E-state index contributed by atoms with van der Waals surface area (Å²) in [6.07, 6.45) is 0. The van der Waals surface area contributed by atoms with E-state index >= 15 is 0 Å². The van der Waals surface area contributed by atoms with Crippen LogP contribution in [0.25, 0.3) is 0 Å². The van der Waals surface area contributed by atoms with Crippen LogP contribution >= 0.6 is 0 Å². The van der Waals surface area contributed by atoms with Crippen molar-refractivity contribution in [1.82, 2.24) is 0 Å². The van der Waals surface area contributed by atoms with Crippen molar-refractivity contribution in [2.45, 2.75) is 4.90 Å². The van der Waals surface area contributed by atoms with Gasteiger partial charge < -0.3 is 14.2 Å². The van der Waals surface area contributed by atoms with Gasteiger partial charge in [-0.1, -0.05) is 48.5 Å². The smallest absolute Gasteiger partial charge is 0.379 e. The number of benzene rings is 2. The van der Waals surface area contributed by atoms with Crippen molar-refractivity contribution in [2.75, 3.05) is 39.6 Å². The van der Waals surface area contributed by atoms with E-state index in [1.807, 2.05) is 0 Å². The standard InChI is InChI=1S/C20H22O8S/c21-19(17-7-3-1-4-8-17)20(22)27-15-13-25-11-12-26-14-16-28-29(23,24)18-9-5-2-6-10-18/h1-10H,11-16H2. The number of hydrogen-bond donors (Lipinski definition) is 0. The summed E-state index contributed by atoms with van der Waals surface area (Å²) in [4.78, 5) is 23.5. The number of carbonyl (C=O) groups excluding carboxylic acids is 2. The van der Waals surface area contributed by atoms with Gasteiger partial charge in [0.15, 0.2) is 0 Å². The average molecular weight is 422 g/mol. The molecule has 8 nitrogen and oxygen atoms in total. The third-order valence-corrected chi connectivity index (χ3v) is 4.88. The zero-order valence-corrected chi connectivity index (χ0v) is 16.5. The molecule has 0 radical (unpaired) electrons. The quantitative estimate of drug-likeness (QED) is 0.158. The lowest BCUT2D eigenvalue weighted by Gasteiger charge is -2.08. The molecule has 2 aromatic carbocycles. The number of Topliss-reactive ketones (excluding diaryl/α,β-unsaturated/α-hetero) is 1. The molecule has 2 aromatic rings. The highest BCUT2D eigenvalue weighted by Crippen LogP contribution is 2.10. The van der Waals surface area contributed by atoms with E-state index in [-0.39, 0.29) is 50.1 Å². The number of rotatable bonds is 13. The Kier molecular flexibility index (Phi) is 9.45. The topological polar surface area (TPSA) is 105 Å². The van der Waals surface area contributed by atoms with Crippen LogP contribution in [0.1, 0.15) is 10.4 Å². The summed E-state index contributed by atoms with van der Waals surface area (Å²) in [6, 6.07) is 16.0. The van der Waals surface area contributed by atoms with Gasteiger partial charge in [0.25, 0.3) is 15.9 Å². The maximum absolute atomic E-state index is 11.9. The molecule has 0 N–H and O–H groups in total. The SMILES string of the molecule is O=C(OCCOCCOCCOS(=O)(=O)c1ccccc1)C(=O)c1ccccc1. The van der Waals surface area contributed by atoms with Crippen LogP contribution in [0.3, 0.4) is 0 Å². The van der Waals surface area contributed by atoms with E-state index in [4.69, 9.17) is 18.4 Å². The number of esters is 1. The highest BCUT2D eigenvalue weighted by atomic mass is 32.2. The molecule has 9 heteroatoms. The molecule has 0 fully saturated rings. The molecular formula is C20H22O8S. The van der Waals surface area contributed by atoms with Crippen LogP contribution in [-0.4, -0.2) is 59.8 Å². The first kappa shape index (κ1) is 22.7. The van der Waals surface area contributed by atoms with E-state index < -0.39 is 21.9 Å². The van der Waals surface area contributed by atoms with E-state index in [9.17, 15) is 18.0 Å². The minimum Gasteiger partial charge on any atom is -0.457 e. The van der Waals surface area contributed by atoms with Crippen molar-refractivity contribution >= 4 is 21.9 Å². The molecule has 0 aromatic heterocycles. The molecule has 2 rings (SSSR count). The summed E-state index contributed by atoms with van der Waals surface area (Å²) in [5, 5.41) is 0. The second kappa shape index (κ2) is 12.1. The number of hydrogen-bond acceptors (Lipinski definition) is 8. The first-order valence-electron chi connectivity index (χ1n) is 8.87. The molecule has 0 unspecified atom stereocenters. The van der Waals surface area contributed by atoms with Gasteiger partial charge in [-0.15, -0.1) is 0 Å². The average Bonchev–Trinajstić information content (AvgIpc) is 2.75. The minimum atomic E-state index is -3.79. The third kappa shape index (κ3) is 8.12. The van der Waals surface area contributed by atoms with Crippen molar-refractivity contribution in [3.63, 3.8) is 0 Å². The zero-order valence-electron chi connectivity index (χ0n) is 15.7. The molecule has 0 atom stereocenters. The highest BCUT2D eigenvalue weighted by molar-refractivity contribution is 7.86. The summed E-state index contributed by atoms with van der Waals surface area (Å²) in [7, 11) is -3.79. The van der Waals surface area contributed by atoms with Crippen LogP contribution in [0.4, 0.5) is 0 Å². The van der Waals surface area contributed by atoms with Crippen LogP contribution < -0.4 is 0 Å². The van der Waals surface area contributed by atoms with Crippen molar-refractivity contribution in [3.8, 4) is 0 Å². The Morgan fingerprint density at radius 2 is 1.21 bits per heavy atom. The summed E-state index contributed by atoms with van der Waals surface area (Å²) in [5.74, 6) is -1.65. The summed E-state index contributed by atoms with van der Waals surface area (Å²) >= 11 is 0. The molecule has 0 aliphatic rings. The van der Waals surface area contributed by atoms with Gasteiger partial charge in [-0.2, -0.15) is 8.42 Å². The molecule has 0 aliphatic heterocycles. The molecule has 29 heavy (non-hydrogen) atoms. The number of ketones is 1. The van der Waals surface area contributed by atoms with Gasteiger partial charge in [0, 0.05) is 5.56 Å². The van der Waals surface area contributed by atoms with Crippen molar-refractivity contribution in [3.05, 3.63) is 66.2 Å². The second-order valence-electron chi connectivity index (χ2n) is 5.64. The molecular weight excluding hydrogens is 400 g/mol. The van der Waals surface area contributed by atoms with Gasteiger partial charge in [0.1, 0.15) is 6.61 Å². The van der Waals surface area contributed by atoms with Gasteiger partial charge >= 0.3 is 5.97 Å². The van der Waals surface area contributed by atoms with Gasteiger partial charge in [0.2, 0.25) is 0 Å². The van der Waals surface area contributed by atoms with Gasteiger partial charge in [-0.3, -0.25) is 8.98 Å². The summed E-state index contributed by atoms with van der Waals surface area (Å²) < 4.78 is 43.9. The van der Waals surface area contributed by atoms with Crippen LogP contribution in [0, 0.1) is 0 Å². The minimum absolute atomic E-state index is 0.0597. The molecule has 0 saturated heterocycles. The predicted octanol–water partition coefficient (Wildman–Crippen LogP) is 1.85. The fourth-order valence-corrected chi connectivity index (χ4v) is 3.06. The van der Waals surface area contributed by atoms with Crippen LogP contribution in [0.2, 0.25) is 0 Å². The lowest BCUT2D eigenvalue weighted by atomic mass is 10.1.